The van der Waals surface area contributed by atoms with Gasteiger partial charge in [0.1, 0.15) is 16.4 Å². The van der Waals surface area contributed by atoms with Crippen molar-refractivity contribution in [2.24, 2.45) is 5.73 Å². The molecule has 0 aliphatic heterocycles. The first-order valence-corrected chi connectivity index (χ1v) is 10.6. The molecule has 1 aromatic carbocycles. The molecule has 146 valence electrons. The van der Waals surface area contributed by atoms with Crippen LogP contribution >= 0.6 is 11.8 Å². The van der Waals surface area contributed by atoms with E-state index in [0.717, 1.165) is 33.7 Å². The highest BCUT2D eigenvalue weighted by atomic mass is 32.2. The van der Waals surface area contributed by atoms with Gasteiger partial charge in [0.15, 0.2) is 5.82 Å². The zero-order chi connectivity index (χ0) is 20.1. The van der Waals surface area contributed by atoms with E-state index in [-0.39, 0.29) is 6.04 Å². The van der Waals surface area contributed by atoms with Crippen molar-refractivity contribution >= 4 is 28.5 Å². The summed E-state index contributed by atoms with van der Waals surface area (Å²) in [6.45, 7) is 0.605. The fraction of sp³-hybridized carbons (Fsp3) is 0.182. The van der Waals surface area contributed by atoms with Crippen LogP contribution in [0.3, 0.4) is 0 Å². The van der Waals surface area contributed by atoms with E-state index in [9.17, 15) is 0 Å². The van der Waals surface area contributed by atoms with Gasteiger partial charge in [0.2, 0.25) is 0 Å². The van der Waals surface area contributed by atoms with Crippen molar-refractivity contribution in [2.75, 3.05) is 18.1 Å². The monoisotopic (exact) mass is 402 g/mol. The predicted molar refractivity (Wildman–Crippen MR) is 119 cm³/mol. The summed E-state index contributed by atoms with van der Waals surface area (Å²) in [5.41, 5.74) is 9.34. The lowest BCUT2D eigenvalue weighted by atomic mass is 10.1. The number of nitrogens with one attached hydrogen (secondary N) is 1. The number of pyridine rings is 2. The Hall–Kier alpha value is -3.03. The molecule has 0 saturated heterocycles. The van der Waals surface area contributed by atoms with Crippen molar-refractivity contribution in [3.63, 3.8) is 0 Å². The lowest BCUT2D eigenvalue weighted by Crippen LogP contribution is -2.31. The SMILES string of the molecule is CSc1nccc2c(NC[C@@H](N)Cc3ccccc3)nc(-c3ccncc3)nc12. The molecular formula is C22H22N6S. The second kappa shape index (κ2) is 8.98. The van der Waals surface area contributed by atoms with Crippen LogP contribution in [0.5, 0.6) is 0 Å². The van der Waals surface area contributed by atoms with Crippen LogP contribution in [0.4, 0.5) is 5.82 Å². The molecule has 3 N–H and O–H groups in total. The Balaban J connectivity index is 1.65. The lowest BCUT2D eigenvalue weighted by Gasteiger charge is -2.16. The second-order valence-electron chi connectivity index (χ2n) is 6.68. The van der Waals surface area contributed by atoms with E-state index in [2.05, 4.69) is 27.4 Å². The molecule has 0 fully saturated rings. The van der Waals surface area contributed by atoms with Gasteiger partial charge in [-0.25, -0.2) is 15.0 Å². The minimum Gasteiger partial charge on any atom is -0.368 e. The van der Waals surface area contributed by atoms with Gasteiger partial charge in [-0.2, -0.15) is 0 Å². The zero-order valence-electron chi connectivity index (χ0n) is 16.1. The van der Waals surface area contributed by atoms with Crippen molar-refractivity contribution in [2.45, 2.75) is 17.5 Å². The molecule has 4 rings (SSSR count). The van der Waals surface area contributed by atoms with Crippen LogP contribution in [-0.2, 0) is 6.42 Å². The summed E-state index contributed by atoms with van der Waals surface area (Å²) in [5, 5.41) is 5.25. The standard InChI is InChI=1S/C22H22N6S/c1-29-22-19-18(9-12-25-22)21(28-20(27-19)16-7-10-24-11-8-16)26-14-17(23)13-15-5-3-2-4-6-15/h2-12,17H,13-14,23H2,1H3,(H,26,27,28)/t17-/m0/s1. The number of anilines is 1. The van der Waals surface area contributed by atoms with Gasteiger partial charge >= 0.3 is 0 Å². The molecule has 29 heavy (non-hydrogen) atoms. The van der Waals surface area contributed by atoms with Gasteiger partial charge in [-0.05, 0) is 36.4 Å². The third-order valence-electron chi connectivity index (χ3n) is 4.59. The first kappa shape index (κ1) is 19.3. The molecule has 0 bridgehead atoms. The molecule has 0 saturated carbocycles. The van der Waals surface area contributed by atoms with Crippen LogP contribution < -0.4 is 11.1 Å². The molecule has 1 atom stereocenters. The second-order valence-corrected chi connectivity index (χ2v) is 7.47. The number of aromatic nitrogens is 4. The molecule has 0 unspecified atom stereocenters. The highest BCUT2D eigenvalue weighted by Crippen LogP contribution is 2.29. The van der Waals surface area contributed by atoms with E-state index in [1.165, 1.54) is 5.56 Å². The van der Waals surface area contributed by atoms with Crippen LogP contribution in [0, 0.1) is 0 Å². The van der Waals surface area contributed by atoms with Crippen molar-refractivity contribution in [3.8, 4) is 11.4 Å². The van der Waals surface area contributed by atoms with Crippen LogP contribution in [0.15, 0.2) is 72.1 Å². The summed E-state index contributed by atoms with van der Waals surface area (Å²) in [4.78, 5) is 18.1. The Bertz CT molecular complexity index is 1090. The Labute approximate surface area is 174 Å². The summed E-state index contributed by atoms with van der Waals surface area (Å²) in [5.74, 6) is 1.41. The number of nitrogens with zero attached hydrogens (tertiary/aromatic N) is 4. The van der Waals surface area contributed by atoms with Crippen LogP contribution in [0.25, 0.3) is 22.3 Å². The first-order valence-electron chi connectivity index (χ1n) is 9.39. The maximum absolute atomic E-state index is 6.37. The van der Waals surface area contributed by atoms with Gasteiger partial charge in [0, 0.05) is 42.1 Å². The average molecular weight is 403 g/mol. The number of hydrogen-bond donors (Lipinski definition) is 2. The molecule has 6 nitrogen and oxygen atoms in total. The summed E-state index contributed by atoms with van der Waals surface area (Å²) >= 11 is 1.57. The quantitative estimate of drug-likeness (QED) is 0.455. The van der Waals surface area contributed by atoms with Crippen molar-refractivity contribution < 1.29 is 0 Å². The maximum atomic E-state index is 6.37. The third kappa shape index (κ3) is 4.52. The van der Waals surface area contributed by atoms with E-state index in [4.69, 9.17) is 15.7 Å². The van der Waals surface area contributed by atoms with Gasteiger partial charge in [-0.15, -0.1) is 11.8 Å². The van der Waals surface area contributed by atoms with Crippen molar-refractivity contribution in [1.82, 2.24) is 19.9 Å². The Morgan fingerprint density at radius 2 is 1.79 bits per heavy atom. The molecule has 3 heterocycles. The van der Waals surface area contributed by atoms with Gasteiger partial charge in [0.25, 0.3) is 0 Å². The normalized spacial score (nSPS) is 12.1. The van der Waals surface area contributed by atoms with Crippen molar-refractivity contribution in [1.29, 1.82) is 0 Å². The maximum Gasteiger partial charge on any atom is 0.162 e. The molecule has 0 spiro atoms. The largest absolute Gasteiger partial charge is 0.368 e. The molecule has 0 aliphatic carbocycles. The molecule has 0 radical (unpaired) electrons. The van der Waals surface area contributed by atoms with Crippen molar-refractivity contribution in [3.05, 3.63) is 72.7 Å². The fourth-order valence-electron chi connectivity index (χ4n) is 3.16. The topological polar surface area (TPSA) is 89.6 Å². The van der Waals surface area contributed by atoms with Gasteiger partial charge in [-0.3, -0.25) is 4.98 Å². The van der Waals surface area contributed by atoms with Crippen LogP contribution in [0.2, 0.25) is 0 Å². The number of fused-ring (bicyclic) bond motifs is 1. The Kier molecular flexibility index (Phi) is 5.97. The highest BCUT2D eigenvalue weighted by Gasteiger charge is 2.14. The Morgan fingerprint density at radius 3 is 2.55 bits per heavy atom. The summed E-state index contributed by atoms with van der Waals surface area (Å²) < 4.78 is 0. The lowest BCUT2D eigenvalue weighted by molar-refractivity contribution is 0.698. The summed E-state index contributed by atoms with van der Waals surface area (Å²) in [6.07, 6.45) is 8.07. The smallest absolute Gasteiger partial charge is 0.162 e. The van der Waals surface area contributed by atoms with E-state index in [1.807, 2.05) is 42.7 Å². The molecule has 0 amide bonds. The molecule has 7 heteroatoms. The minimum atomic E-state index is -0.0337. The number of nitrogens with two attached hydrogens (primary N) is 1. The zero-order valence-corrected chi connectivity index (χ0v) is 16.9. The molecular weight excluding hydrogens is 380 g/mol. The molecule has 0 aliphatic rings. The van der Waals surface area contributed by atoms with E-state index < -0.39 is 0 Å². The fourth-order valence-corrected chi connectivity index (χ4v) is 3.68. The highest BCUT2D eigenvalue weighted by molar-refractivity contribution is 7.98. The number of benzene rings is 1. The summed E-state index contributed by atoms with van der Waals surface area (Å²) in [6, 6.07) is 16.0. The predicted octanol–water partition coefficient (Wildman–Crippen LogP) is 3.79. The minimum absolute atomic E-state index is 0.0337. The molecule has 3 aromatic heterocycles. The van der Waals surface area contributed by atoms with E-state index in [0.29, 0.717) is 12.4 Å². The molecule has 4 aromatic rings. The average Bonchev–Trinajstić information content (AvgIpc) is 2.78. The number of rotatable bonds is 7. The van der Waals surface area contributed by atoms with E-state index in [1.54, 1.807) is 30.4 Å². The summed E-state index contributed by atoms with van der Waals surface area (Å²) in [7, 11) is 0. The first-order chi connectivity index (χ1) is 14.2. The number of thioether (sulfide) groups is 1. The number of hydrogen-bond acceptors (Lipinski definition) is 7. The van der Waals surface area contributed by atoms with Gasteiger partial charge in [0.05, 0.1) is 0 Å². The van der Waals surface area contributed by atoms with Crippen LogP contribution in [0.1, 0.15) is 5.56 Å². The Morgan fingerprint density at radius 1 is 1.00 bits per heavy atom. The van der Waals surface area contributed by atoms with Gasteiger partial charge < -0.3 is 11.1 Å². The van der Waals surface area contributed by atoms with Gasteiger partial charge in [-0.1, -0.05) is 30.3 Å². The van der Waals surface area contributed by atoms with Crippen LogP contribution in [-0.4, -0.2) is 38.8 Å². The van der Waals surface area contributed by atoms with E-state index >= 15 is 0 Å². The third-order valence-corrected chi connectivity index (χ3v) is 5.27.